The van der Waals surface area contributed by atoms with Gasteiger partial charge in [0.05, 0.1) is 7.11 Å². The van der Waals surface area contributed by atoms with Crippen molar-refractivity contribution < 1.29 is 19.4 Å². The maximum atomic E-state index is 12.6. The SMILES string of the molecule is COc1cccc([C@H](NC(=O)C2CCc3ccccc3C2)C(=O)O)c1. The molecule has 0 fully saturated rings. The first-order valence-corrected chi connectivity index (χ1v) is 8.32. The number of ether oxygens (including phenoxy) is 1. The van der Waals surface area contributed by atoms with Crippen molar-refractivity contribution in [3.63, 3.8) is 0 Å². The van der Waals surface area contributed by atoms with Gasteiger partial charge in [-0.2, -0.15) is 0 Å². The molecule has 0 aliphatic heterocycles. The summed E-state index contributed by atoms with van der Waals surface area (Å²) in [4.78, 5) is 24.3. The Labute approximate surface area is 146 Å². The third kappa shape index (κ3) is 3.82. The van der Waals surface area contributed by atoms with Crippen molar-refractivity contribution in [2.75, 3.05) is 7.11 Å². The highest BCUT2D eigenvalue weighted by molar-refractivity contribution is 5.86. The van der Waals surface area contributed by atoms with Gasteiger partial charge in [0.1, 0.15) is 5.75 Å². The molecule has 0 radical (unpaired) electrons. The second kappa shape index (κ2) is 7.38. The van der Waals surface area contributed by atoms with Gasteiger partial charge in [-0.25, -0.2) is 4.79 Å². The summed E-state index contributed by atoms with van der Waals surface area (Å²) < 4.78 is 5.14. The van der Waals surface area contributed by atoms with Crippen molar-refractivity contribution >= 4 is 11.9 Å². The molecule has 130 valence electrons. The van der Waals surface area contributed by atoms with Crippen molar-refractivity contribution in [1.82, 2.24) is 5.32 Å². The lowest BCUT2D eigenvalue weighted by molar-refractivity contribution is -0.142. The van der Waals surface area contributed by atoms with Crippen molar-refractivity contribution in [2.45, 2.75) is 25.3 Å². The highest BCUT2D eigenvalue weighted by Crippen LogP contribution is 2.27. The fraction of sp³-hybridized carbons (Fsp3) is 0.300. The molecule has 1 unspecified atom stereocenters. The van der Waals surface area contributed by atoms with E-state index in [-0.39, 0.29) is 11.8 Å². The molecule has 25 heavy (non-hydrogen) atoms. The lowest BCUT2D eigenvalue weighted by Gasteiger charge is -2.25. The van der Waals surface area contributed by atoms with Crippen molar-refractivity contribution in [3.8, 4) is 5.75 Å². The number of hydrogen-bond donors (Lipinski definition) is 2. The Morgan fingerprint density at radius 3 is 2.64 bits per heavy atom. The maximum absolute atomic E-state index is 12.6. The van der Waals surface area contributed by atoms with Gasteiger partial charge in [0, 0.05) is 5.92 Å². The molecule has 1 aliphatic carbocycles. The van der Waals surface area contributed by atoms with Crippen LogP contribution in [0, 0.1) is 5.92 Å². The topological polar surface area (TPSA) is 75.6 Å². The van der Waals surface area contributed by atoms with E-state index in [0.29, 0.717) is 17.7 Å². The minimum atomic E-state index is -1.09. The predicted octanol–water partition coefficient (Wildman–Crippen LogP) is 2.74. The van der Waals surface area contributed by atoms with Gasteiger partial charge < -0.3 is 15.2 Å². The molecular formula is C20H21NO4. The van der Waals surface area contributed by atoms with Gasteiger partial charge in [-0.1, -0.05) is 36.4 Å². The number of amides is 1. The standard InChI is InChI=1S/C20H21NO4/c1-25-17-8-4-7-15(12-17)18(20(23)24)21-19(22)16-10-9-13-5-2-3-6-14(13)11-16/h2-8,12,16,18H,9-11H2,1H3,(H,21,22)(H,23,24)/t16?,18-/m0/s1. The number of carboxylic acid groups (broad SMARTS) is 1. The zero-order valence-electron chi connectivity index (χ0n) is 14.1. The Balaban J connectivity index is 1.74. The number of aryl methyl sites for hydroxylation is 1. The minimum Gasteiger partial charge on any atom is -0.497 e. The molecular weight excluding hydrogens is 318 g/mol. The van der Waals surface area contributed by atoms with E-state index in [1.54, 1.807) is 24.3 Å². The molecule has 1 aliphatic rings. The van der Waals surface area contributed by atoms with Gasteiger partial charge in [-0.15, -0.1) is 0 Å². The third-order valence-corrected chi connectivity index (χ3v) is 4.68. The number of hydrogen-bond acceptors (Lipinski definition) is 3. The number of methoxy groups -OCH3 is 1. The highest BCUT2D eigenvalue weighted by Gasteiger charge is 2.29. The van der Waals surface area contributed by atoms with Crippen molar-refractivity contribution in [2.24, 2.45) is 5.92 Å². The minimum absolute atomic E-state index is 0.206. The van der Waals surface area contributed by atoms with Crippen molar-refractivity contribution in [1.29, 1.82) is 0 Å². The van der Waals surface area contributed by atoms with Crippen LogP contribution < -0.4 is 10.1 Å². The van der Waals surface area contributed by atoms with E-state index in [9.17, 15) is 14.7 Å². The monoisotopic (exact) mass is 339 g/mol. The van der Waals surface area contributed by atoms with Crippen LogP contribution in [0.15, 0.2) is 48.5 Å². The molecule has 2 atom stereocenters. The van der Waals surface area contributed by atoms with E-state index < -0.39 is 12.0 Å². The average molecular weight is 339 g/mol. The second-order valence-corrected chi connectivity index (χ2v) is 6.26. The van der Waals surface area contributed by atoms with Crippen molar-refractivity contribution in [3.05, 3.63) is 65.2 Å². The average Bonchev–Trinajstić information content (AvgIpc) is 2.65. The summed E-state index contributed by atoms with van der Waals surface area (Å²) in [6, 6.07) is 13.8. The zero-order chi connectivity index (χ0) is 17.8. The molecule has 1 amide bonds. The molecule has 3 rings (SSSR count). The summed E-state index contributed by atoms with van der Waals surface area (Å²) in [5, 5.41) is 12.2. The summed E-state index contributed by atoms with van der Waals surface area (Å²) in [6.45, 7) is 0. The number of benzene rings is 2. The normalized spacial score (nSPS) is 17.2. The van der Waals surface area contributed by atoms with Crippen LogP contribution in [-0.4, -0.2) is 24.1 Å². The fourth-order valence-corrected chi connectivity index (χ4v) is 3.29. The van der Waals surface area contributed by atoms with Crippen LogP contribution >= 0.6 is 0 Å². The molecule has 0 aromatic heterocycles. The third-order valence-electron chi connectivity index (χ3n) is 4.68. The van der Waals surface area contributed by atoms with E-state index in [2.05, 4.69) is 11.4 Å². The zero-order valence-corrected chi connectivity index (χ0v) is 14.1. The van der Waals surface area contributed by atoms with Crippen LogP contribution in [0.4, 0.5) is 0 Å². The number of aliphatic carboxylic acids is 1. The lowest BCUT2D eigenvalue weighted by Crippen LogP contribution is -2.39. The molecule has 0 saturated heterocycles. The fourth-order valence-electron chi connectivity index (χ4n) is 3.29. The number of fused-ring (bicyclic) bond motifs is 1. The molecule has 2 aromatic carbocycles. The van der Waals surface area contributed by atoms with E-state index in [0.717, 1.165) is 12.8 Å². The number of nitrogens with one attached hydrogen (secondary N) is 1. The summed E-state index contributed by atoms with van der Waals surface area (Å²) in [5.74, 6) is -0.950. The molecule has 0 bridgehead atoms. The quantitative estimate of drug-likeness (QED) is 0.878. The Kier molecular flexibility index (Phi) is 5.03. The Morgan fingerprint density at radius 2 is 1.92 bits per heavy atom. The van der Waals surface area contributed by atoms with E-state index >= 15 is 0 Å². The van der Waals surface area contributed by atoms with E-state index in [1.165, 1.54) is 18.2 Å². The van der Waals surface area contributed by atoms with Crippen LogP contribution in [0.2, 0.25) is 0 Å². The van der Waals surface area contributed by atoms with Gasteiger partial charge in [0.15, 0.2) is 6.04 Å². The molecule has 0 spiro atoms. The van der Waals surface area contributed by atoms with Crippen LogP contribution in [0.3, 0.4) is 0 Å². The van der Waals surface area contributed by atoms with Gasteiger partial charge in [-0.05, 0) is 48.1 Å². The number of carboxylic acids is 1. The van der Waals surface area contributed by atoms with Gasteiger partial charge in [0.25, 0.3) is 0 Å². The Morgan fingerprint density at radius 1 is 1.16 bits per heavy atom. The first-order valence-electron chi connectivity index (χ1n) is 8.32. The van der Waals surface area contributed by atoms with Gasteiger partial charge in [0.2, 0.25) is 5.91 Å². The summed E-state index contributed by atoms with van der Waals surface area (Å²) in [7, 11) is 1.52. The second-order valence-electron chi connectivity index (χ2n) is 6.26. The molecule has 2 N–H and O–H groups in total. The molecule has 0 heterocycles. The van der Waals surface area contributed by atoms with Gasteiger partial charge in [-0.3, -0.25) is 4.79 Å². The molecule has 5 nitrogen and oxygen atoms in total. The smallest absolute Gasteiger partial charge is 0.330 e. The van der Waals surface area contributed by atoms with Crippen LogP contribution in [0.1, 0.15) is 29.2 Å². The number of carbonyl (C=O) groups excluding carboxylic acids is 1. The van der Waals surface area contributed by atoms with Crippen LogP contribution in [0.5, 0.6) is 5.75 Å². The predicted molar refractivity (Wildman–Crippen MR) is 93.5 cm³/mol. The van der Waals surface area contributed by atoms with E-state index in [1.807, 2.05) is 18.2 Å². The molecule has 2 aromatic rings. The van der Waals surface area contributed by atoms with E-state index in [4.69, 9.17) is 4.74 Å². The molecule has 5 heteroatoms. The van der Waals surface area contributed by atoms with Gasteiger partial charge >= 0.3 is 5.97 Å². The molecule has 0 saturated carbocycles. The highest BCUT2D eigenvalue weighted by atomic mass is 16.5. The summed E-state index contributed by atoms with van der Waals surface area (Å²) in [5.41, 5.74) is 2.94. The first kappa shape index (κ1) is 17.0. The summed E-state index contributed by atoms with van der Waals surface area (Å²) >= 11 is 0. The van der Waals surface area contributed by atoms with Crippen LogP contribution in [0.25, 0.3) is 0 Å². The Hall–Kier alpha value is -2.82. The maximum Gasteiger partial charge on any atom is 0.330 e. The number of carbonyl (C=O) groups is 2. The lowest BCUT2D eigenvalue weighted by atomic mass is 9.83. The summed E-state index contributed by atoms with van der Waals surface area (Å²) in [6.07, 6.45) is 2.21. The van der Waals surface area contributed by atoms with Crippen LogP contribution in [-0.2, 0) is 22.4 Å². The Bertz CT molecular complexity index is 787. The largest absolute Gasteiger partial charge is 0.497 e. The first-order chi connectivity index (χ1) is 12.1. The number of rotatable bonds is 5.